The van der Waals surface area contributed by atoms with E-state index in [2.05, 4.69) is 20.3 Å². The van der Waals surface area contributed by atoms with Gasteiger partial charge in [-0.15, -0.1) is 5.10 Å². The number of benzene rings is 1. The van der Waals surface area contributed by atoms with Crippen LogP contribution in [-0.4, -0.2) is 43.2 Å². The fourth-order valence-electron chi connectivity index (χ4n) is 3.27. The van der Waals surface area contributed by atoms with Crippen molar-refractivity contribution < 1.29 is 9.57 Å². The number of rotatable bonds is 8. The highest BCUT2D eigenvalue weighted by Crippen LogP contribution is 2.24. The highest BCUT2D eigenvalue weighted by Gasteiger charge is 2.19. The van der Waals surface area contributed by atoms with Gasteiger partial charge in [0.05, 0.1) is 12.8 Å². The molecular formula is C20H26N4O2. The molecule has 2 heterocycles. The predicted molar refractivity (Wildman–Crippen MR) is 103 cm³/mol. The summed E-state index contributed by atoms with van der Waals surface area (Å²) in [6.45, 7) is 2.87. The smallest absolute Gasteiger partial charge is 0.151 e. The molecule has 0 unspecified atom stereocenters. The molecule has 0 saturated carbocycles. The van der Waals surface area contributed by atoms with Crippen LogP contribution in [0.2, 0.25) is 0 Å². The molecule has 1 aliphatic rings. The monoisotopic (exact) mass is 354 g/mol. The van der Waals surface area contributed by atoms with E-state index >= 15 is 0 Å². The molecule has 0 spiro atoms. The summed E-state index contributed by atoms with van der Waals surface area (Å²) in [7, 11) is 1.54. The van der Waals surface area contributed by atoms with Crippen LogP contribution in [0.5, 0.6) is 5.75 Å². The lowest BCUT2D eigenvalue weighted by molar-refractivity contribution is 0.215. The van der Waals surface area contributed by atoms with Gasteiger partial charge in [-0.25, -0.2) is 0 Å². The minimum absolute atomic E-state index is 0.745. The number of aromatic nitrogens is 2. The van der Waals surface area contributed by atoms with E-state index in [4.69, 9.17) is 9.57 Å². The fourth-order valence-corrected chi connectivity index (χ4v) is 3.27. The molecule has 0 atom stereocenters. The number of piperidine rings is 1. The predicted octanol–water partition coefficient (Wildman–Crippen LogP) is 3.53. The quantitative estimate of drug-likeness (QED) is 0.412. The fraction of sp³-hybridized carbons (Fsp3) is 0.450. The molecule has 0 aliphatic carbocycles. The summed E-state index contributed by atoms with van der Waals surface area (Å²) in [5, 5.41) is 11.9. The first-order valence-electron chi connectivity index (χ1n) is 9.17. The van der Waals surface area contributed by atoms with Crippen molar-refractivity contribution >= 4 is 12.0 Å². The molecule has 0 N–H and O–H groups in total. The van der Waals surface area contributed by atoms with Crippen LogP contribution >= 0.6 is 0 Å². The maximum atomic E-state index is 5.88. The van der Waals surface area contributed by atoms with Crippen LogP contribution in [0.3, 0.4) is 0 Å². The van der Waals surface area contributed by atoms with Crippen molar-refractivity contribution in [3.63, 3.8) is 0 Å². The van der Waals surface area contributed by atoms with Crippen LogP contribution in [0, 0.1) is 5.92 Å². The molecule has 1 saturated heterocycles. The van der Waals surface area contributed by atoms with Crippen molar-refractivity contribution in [2.24, 2.45) is 11.1 Å². The Kier molecular flexibility index (Phi) is 6.81. The van der Waals surface area contributed by atoms with Gasteiger partial charge in [0.25, 0.3) is 0 Å². The second kappa shape index (κ2) is 9.75. The highest BCUT2D eigenvalue weighted by molar-refractivity contribution is 5.79. The van der Waals surface area contributed by atoms with E-state index in [9.17, 15) is 0 Å². The summed E-state index contributed by atoms with van der Waals surface area (Å²) in [4.78, 5) is 7.03. The van der Waals surface area contributed by atoms with Gasteiger partial charge < -0.3 is 14.5 Å². The minimum atomic E-state index is 0.745. The molecule has 0 bridgehead atoms. The molecular weight excluding hydrogens is 328 g/mol. The molecule has 1 aromatic heterocycles. The van der Waals surface area contributed by atoms with Gasteiger partial charge in [0, 0.05) is 19.3 Å². The molecule has 2 aromatic rings. The Balaban J connectivity index is 1.35. The standard InChI is InChI=1S/C20H26N4O2/c1-25-22-16-18-5-2-7-19(15-18)26-14-4-6-17-9-12-24(13-10-17)20-8-3-11-21-23-20/h2-3,5,7-8,11,15-17H,4,6,9-10,12-14H2,1H3. The third kappa shape index (κ3) is 5.44. The van der Waals surface area contributed by atoms with Gasteiger partial charge in [-0.1, -0.05) is 17.3 Å². The minimum Gasteiger partial charge on any atom is -0.494 e. The van der Waals surface area contributed by atoms with Gasteiger partial charge in [0.15, 0.2) is 5.82 Å². The van der Waals surface area contributed by atoms with Crippen molar-refractivity contribution in [2.45, 2.75) is 25.7 Å². The Morgan fingerprint density at radius 2 is 2.12 bits per heavy atom. The highest BCUT2D eigenvalue weighted by atomic mass is 16.6. The number of oxime groups is 1. The largest absolute Gasteiger partial charge is 0.494 e. The van der Waals surface area contributed by atoms with Crippen molar-refractivity contribution in [2.75, 3.05) is 31.7 Å². The van der Waals surface area contributed by atoms with E-state index in [1.165, 1.54) is 26.4 Å². The Hall–Kier alpha value is -2.63. The Bertz CT molecular complexity index is 685. The third-order valence-corrected chi connectivity index (χ3v) is 4.69. The maximum Gasteiger partial charge on any atom is 0.151 e. The Morgan fingerprint density at radius 1 is 1.23 bits per heavy atom. The molecule has 1 fully saturated rings. The van der Waals surface area contributed by atoms with E-state index in [-0.39, 0.29) is 0 Å². The molecule has 26 heavy (non-hydrogen) atoms. The van der Waals surface area contributed by atoms with Gasteiger partial charge in [0.2, 0.25) is 0 Å². The number of nitrogens with zero attached hydrogens (tertiary/aromatic N) is 4. The van der Waals surface area contributed by atoms with Crippen LogP contribution in [0.25, 0.3) is 0 Å². The second-order valence-electron chi connectivity index (χ2n) is 6.49. The number of hydrogen-bond acceptors (Lipinski definition) is 6. The van der Waals surface area contributed by atoms with E-state index < -0.39 is 0 Å². The second-order valence-corrected chi connectivity index (χ2v) is 6.49. The maximum absolute atomic E-state index is 5.88. The summed E-state index contributed by atoms with van der Waals surface area (Å²) in [5.74, 6) is 2.64. The van der Waals surface area contributed by atoms with E-state index in [1.54, 1.807) is 12.4 Å². The molecule has 3 rings (SSSR count). The summed E-state index contributed by atoms with van der Waals surface area (Å²) in [6.07, 6.45) is 8.10. The summed E-state index contributed by atoms with van der Waals surface area (Å²) in [6, 6.07) is 11.9. The van der Waals surface area contributed by atoms with Gasteiger partial charge in [-0.3, -0.25) is 0 Å². The number of anilines is 1. The van der Waals surface area contributed by atoms with Gasteiger partial charge in [-0.2, -0.15) is 5.10 Å². The van der Waals surface area contributed by atoms with Crippen LogP contribution in [0.15, 0.2) is 47.8 Å². The normalized spacial score (nSPS) is 15.3. The molecule has 1 aliphatic heterocycles. The molecule has 0 radical (unpaired) electrons. The lowest BCUT2D eigenvalue weighted by Crippen LogP contribution is -2.34. The van der Waals surface area contributed by atoms with E-state index in [0.717, 1.165) is 49.2 Å². The Morgan fingerprint density at radius 3 is 2.88 bits per heavy atom. The van der Waals surface area contributed by atoms with Crippen molar-refractivity contribution in [1.29, 1.82) is 0 Å². The van der Waals surface area contributed by atoms with E-state index in [1.807, 2.05) is 36.4 Å². The zero-order valence-corrected chi connectivity index (χ0v) is 15.3. The number of hydrogen-bond donors (Lipinski definition) is 0. The first-order valence-corrected chi connectivity index (χ1v) is 9.17. The molecule has 6 nitrogen and oxygen atoms in total. The number of ether oxygens (including phenoxy) is 1. The summed E-state index contributed by atoms with van der Waals surface area (Å²) >= 11 is 0. The van der Waals surface area contributed by atoms with Gasteiger partial charge in [0.1, 0.15) is 12.9 Å². The average molecular weight is 354 g/mol. The zero-order valence-electron chi connectivity index (χ0n) is 15.3. The third-order valence-electron chi connectivity index (χ3n) is 4.69. The zero-order chi connectivity index (χ0) is 18.0. The van der Waals surface area contributed by atoms with Crippen molar-refractivity contribution in [3.8, 4) is 5.75 Å². The van der Waals surface area contributed by atoms with Crippen molar-refractivity contribution in [1.82, 2.24) is 10.2 Å². The molecule has 138 valence electrons. The average Bonchev–Trinajstić information content (AvgIpc) is 2.71. The van der Waals surface area contributed by atoms with E-state index in [0.29, 0.717) is 0 Å². The van der Waals surface area contributed by atoms with Crippen LogP contribution < -0.4 is 9.64 Å². The summed E-state index contributed by atoms with van der Waals surface area (Å²) in [5.41, 5.74) is 0.973. The molecule has 0 amide bonds. The van der Waals surface area contributed by atoms with Crippen molar-refractivity contribution in [3.05, 3.63) is 48.2 Å². The van der Waals surface area contributed by atoms with Crippen LogP contribution in [0.4, 0.5) is 5.82 Å². The summed E-state index contributed by atoms with van der Waals surface area (Å²) < 4.78 is 5.88. The Labute approximate surface area is 154 Å². The lowest BCUT2D eigenvalue weighted by Gasteiger charge is -2.32. The van der Waals surface area contributed by atoms with Crippen LogP contribution in [-0.2, 0) is 4.84 Å². The topological polar surface area (TPSA) is 59.8 Å². The molecule has 1 aromatic carbocycles. The van der Waals surface area contributed by atoms with Gasteiger partial charge >= 0.3 is 0 Å². The lowest BCUT2D eigenvalue weighted by atomic mass is 9.92. The first-order chi connectivity index (χ1) is 12.8. The van der Waals surface area contributed by atoms with Crippen LogP contribution in [0.1, 0.15) is 31.2 Å². The first kappa shape index (κ1) is 18.2. The van der Waals surface area contributed by atoms with Gasteiger partial charge in [-0.05, 0) is 61.4 Å². The SMILES string of the molecule is CON=Cc1cccc(OCCCC2CCN(c3cccnn3)CC2)c1. The molecule has 6 heteroatoms.